The summed E-state index contributed by atoms with van der Waals surface area (Å²) in [6.45, 7) is 10.5. The Hall–Kier alpha value is -2.28. The number of imide groups is 1. The molecule has 2 heterocycles. The molecule has 1 saturated carbocycles. The van der Waals surface area contributed by atoms with Crippen molar-refractivity contribution in [3.63, 3.8) is 0 Å². The first kappa shape index (κ1) is 21.9. The third-order valence-electron chi connectivity index (χ3n) is 6.99. The minimum absolute atomic E-state index is 0.0339. The third kappa shape index (κ3) is 4.52. The monoisotopic (exact) mass is 428 g/mol. The molecule has 3 amide bonds. The number of nitrogens with zero attached hydrogens (tertiary/aromatic N) is 3. The van der Waals surface area contributed by atoms with Gasteiger partial charge in [-0.15, -0.1) is 0 Å². The van der Waals surface area contributed by atoms with Gasteiger partial charge in [0.25, 0.3) is 5.91 Å². The smallest absolute Gasteiger partial charge is 0.326 e. The van der Waals surface area contributed by atoms with Crippen LogP contribution in [0.1, 0.15) is 46.5 Å². The van der Waals surface area contributed by atoms with Crippen LogP contribution in [0.5, 0.6) is 5.75 Å². The fourth-order valence-electron chi connectivity index (χ4n) is 6.00. The largest absolute Gasteiger partial charge is 0.497 e. The van der Waals surface area contributed by atoms with E-state index in [1.165, 1.54) is 10.6 Å². The van der Waals surface area contributed by atoms with Crippen molar-refractivity contribution in [2.75, 3.05) is 44.9 Å². The van der Waals surface area contributed by atoms with Gasteiger partial charge >= 0.3 is 6.03 Å². The van der Waals surface area contributed by atoms with E-state index in [2.05, 4.69) is 48.0 Å². The fourth-order valence-corrected chi connectivity index (χ4v) is 6.00. The first-order chi connectivity index (χ1) is 14.7. The fraction of sp³-hybridized carbons (Fsp3) is 0.667. The lowest BCUT2D eigenvalue weighted by molar-refractivity contribution is -0.136. The van der Waals surface area contributed by atoms with Gasteiger partial charge in [0, 0.05) is 31.9 Å². The predicted molar refractivity (Wildman–Crippen MR) is 121 cm³/mol. The molecule has 2 unspecified atom stereocenters. The molecule has 7 nitrogen and oxygen atoms in total. The maximum atomic E-state index is 13.4. The second-order valence-electron chi connectivity index (χ2n) is 10.4. The van der Waals surface area contributed by atoms with Crippen LogP contribution in [0.4, 0.5) is 10.5 Å². The lowest BCUT2D eigenvalue weighted by Gasteiger charge is -2.44. The molecule has 1 N–H and O–H groups in total. The van der Waals surface area contributed by atoms with Gasteiger partial charge in [-0.05, 0) is 61.3 Å². The molecular formula is C24H36N4O3. The van der Waals surface area contributed by atoms with Crippen LogP contribution >= 0.6 is 0 Å². The molecule has 3 fully saturated rings. The topological polar surface area (TPSA) is 65.1 Å². The zero-order valence-electron chi connectivity index (χ0n) is 19.3. The Bertz CT molecular complexity index is 825. The SMILES string of the molecule is COc1ccc(N2CCCN(CN3C(=O)NC4(CC(C)CC(C)(C)C4)C3=O)CC2)cc1. The van der Waals surface area contributed by atoms with Crippen LogP contribution in [0, 0.1) is 11.3 Å². The van der Waals surface area contributed by atoms with Crippen molar-refractivity contribution in [1.29, 1.82) is 0 Å². The molecule has 0 radical (unpaired) electrons. The molecule has 4 rings (SSSR count). The summed E-state index contributed by atoms with van der Waals surface area (Å²) in [5, 5.41) is 3.09. The highest BCUT2D eigenvalue weighted by molar-refractivity contribution is 6.07. The van der Waals surface area contributed by atoms with Gasteiger partial charge in [0.2, 0.25) is 0 Å². The van der Waals surface area contributed by atoms with Gasteiger partial charge in [-0.1, -0.05) is 20.8 Å². The molecule has 1 aromatic carbocycles. The minimum atomic E-state index is -0.723. The van der Waals surface area contributed by atoms with Crippen molar-refractivity contribution in [3.8, 4) is 5.75 Å². The molecule has 1 aliphatic carbocycles. The number of anilines is 1. The Kier molecular flexibility index (Phi) is 5.90. The van der Waals surface area contributed by atoms with E-state index in [1.54, 1.807) is 7.11 Å². The molecule has 0 bridgehead atoms. The van der Waals surface area contributed by atoms with Crippen molar-refractivity contribution in [3.05, 3.63) is 24.3 Å². The van der Waals surface area contributed by atoms with E-state index < -0.39 is 5.54 Å². The van der Waals surface area contributed by atoms with Crippen LogP contribution in [-0.4, -0.2) is 67.2 Å². The molecule has 3 aliphatic rings. The van der Waals surface area contributed by atoms with Crippen LogP contribution in [0.15, 0.2) is 24.3 Å². The summed E-state index contributed by atoms with van der Waals surface area (Å²) in [6.07, 6.45) is 3.54. The average Bonchev–Trinajstić information content (AvgIpc) is 2.87. The van der Waals surface area contributed by atoms with Gasteiger partial charge in [-0.25, -0.2) is 9.69 Å². The normalized spacial score (nSPS) is 29.2. The summed E-state index contributed by atoms with van der Waals surface area (Å²) < 4.78 is 5.26. The highest BCUT2D eigenvalue weighted by atomic mass is 16.5. The maximum Gasteiger partial charge on any atom is 0.326 e. The number of nitrogens with one attached hydrogen (secondary N) is 1. The summed E-state index contributed by atoms with van der Waals surface area (Å²) in [6, 6.07) is 7.91. The van der Waals surface area contributed by atoms with Crippen LogP contribution < -0.4 is 15.0 Å². The van der Waals surface area contributed by atoms with E-state index in [1.807, 2.05) is 12.1 Å². The maximum absolute atomic E-state index is 13.4. The van der Waals surface area contributed by atoms with E-state index >= 15 is 0 Å². The number of hydrogen-bond donors (Lipinski definition) is 1. The molecule has 2 atom stereocenters. The summed E-state index contributed by atoms with van der Waals surface area (Å²) in [7, 11) is 1.67. The number of methoxy groups -OCH3 is 1. The van der Waals surface area contributed by atoms with Gasteiger partial charge < -0.3 is 15.0 Å². The first-order valence-corrected chi connectivity index (χ1v) is 11.5. The molecule has 1 spiro atoms. The quantitative estimate of drug-likeness (QED) is 0.746. The van der Waals surface area contributed by atoms with Gasteiger partial charge in [0.1, 0.15) is 11.3 Å². The lowest BCUT2D eigenvalue weighted by atomic mass is 9.64. The number of ether oxygens (including phenoxy) is 1. The van der Waals surface area contributed by atoms with Crippen LogP contribution in [0.2, 0.25) is 0 Å². The summed E-state index contributed by atoms with van der Waals surface area (Å²) >= 11 is 0. The van der Waals surface area contributed by atoms with Gasteiger partial charge in [-0.2, -0.15) is 0 Å². The molecule has 31 heavy (non-hydrogen) atoms. The first-order valence-electron chi connectivity index (χ1n) is 11.5. The average molecular weight is 429 g/mol. The van der Waals surface area contributed by atoms with Crippen molar-refractivity contribution in [1.82, 2.24) is 15.1 Å². The molecular weight excluding hydrogens is 392 g/mol. The molecule has 2 saturated heterocycles. The van der Waals surface area contributed by atoms with Gasteiger partial charge in [-0.3, -0.25) is 9.69 Å². The number of urea groups is 1. The van der Waals surface area contributed by atoms with Gasteiger partial charge in [0.05, 0.1) is 13.8 Å². The Morgan fingerprint density at radius 2 is 1.81 bits per heavy atom. The Morgan fingerprint density at radius 3 is 2.48 bits per heavy atom. The number of amides is 3. The van der Waals surface area contributed by atoms with Crippen LogP contribution in [-0.2, 0) is 4.79 Å². The van der Waals surface area contributed by atoms with E-state index in [-0.39, 0.29) is 17.4 Å². The summed E-state index contributed by atoms with van der Waals surface area (Å²) in [5.41, 5.74) is 0.507. The van der Waals surface area contributed by atoms with Crippen LogP contribution in [0.3, 0.4) is 0 Å². The van der Waals surface area contributed by atoms with E-state index in [0.29, 0.717) is 12.6 Å². The summed E-state index contributed by atoms with van der Waals surface area (Å²) in [5.74, 6) is 1.24. The minimum Gasteiger partial charge on any atom is -0.497 e. The second-order valence-corrected chi connectivity index (χ2v) is 10.4. The molecule has 7 heteroatoms. The second kappa shape index (κ2) is 8.34. The predicted octanol–water partition coefficient (Wildman–Crippen LogP) is 3.30. The lowest BCUT2D eigenvalue weighted by Crippen LogP contribution is -2.54. The number of rotatable bonds is 4. The molecule has 0 aromatic heterocycles. The number of carbonyl (C=O) groups excluding carboxylic acids is 2. The Morgan fingerprint density at radius 1 is 1.06 bits per heavy atom. The Balaban J connectivity index is 1.40. The van der Waals surface area contributed by atoms with E-state index in [0.717, 1.165) is 57.6 Å². The van der Waals surface area contributed by atoms with Crippen LogP contribution in [0.25, 0.3) is 0 Å². The van der Waals surface area contributed by atoms with Crippen molar-refractivity contribution in [2.45, 2.75) is 52.0 Å². The zero-order chi connectivity index (χ0) is 22.2. The number of carbonyl (C=O) groups is 2. The Labute approximate surface area is 185 Å². The third-order valence-corrected chi connectivity index (χ3v) is 6.99. The molecule has 1 aromatic rings. The highest BCUT2D eigenvalue weighted by Gasteiger charge is 2.56. The van der Waals surface area contributed by atoms with Crippen molar-refractivity contribution >= 4 is 17.6 Å². The van der Waals surface area contributed by atoms with Gasteiger partial charge in [0.15, 0.2) is 0 Å². The standard InChI is InChI=1S/C24H36N4O3/c1-18-14-23(2,3)16-24(15-18)21(29)28(22(30)25-24)17-26-10-5-11-27(13-12-26)19-6-8-20(31-4)9-7-19/h6-9,18H,5,10-17H2,1-4H3,(H,25,30). The van der Waals surface area contributed by atoms with Crippen molar-refractivity contribution < 1.29 is 14.3 Å². The number of hydrogen-bond acceptors (Lipinski definition) is 5. The van der Waals surface area contributed by atoms with Crippen molar-refractivity contribution in [2.24, 2.45) is 11.3 Å². The zero-order valence-corrected chi connectivity index (χ0v) is 19.3. The molecule has 2 aliphatic heterocycles. The number of benzene rings is 1. The summed E-state index contributed by atoms with van der Waals surface area (Å²) in [4.78, 5) is 32.3. The van der Waals surface area contributed by atoms with E-state index in [4.69, 9.17) is 4.74 Å². The van der Waals surface area contributed by atoms with E-state index in [9.17, 15) is 9.59 Å². The molecule has 170 valence electrons. The highest BCUT2D eigenvalue weighted by Crippen LogP contribution is 2.46.